The molecule has 0 aromatic carbocycles. The molecule has 0 unspecified atom stereocenters. The van der Waals surface area contributed by atoms with Crippen molar-refractivity contribution in [3.8, 4) is 0 Å². The summed E-state index contributed by atoms with van der Waals surface area (Å²) in [7, 11) is 1.75. The van der Waals surface area contributed by atoms with Crippen molar-refractivity contribution in [2.45, 2.75) is 25.7 Å². The topological polar surface area (TPSA) is 36.0 Å². The molecule has 5 heteroatoms. The summed E-state index contributed by atoms with van der Waals surface area (Å²) >= 11 is 0. The molecule has 20 heavy (non-hydrogen) atoms. The first-order valence-corrected chi connectivity index (χ1v) is 8.01. The van der Waals surface area contributed by atoms with Crippen LogP contribution in [-0.2, 0) is 9.53 Å². The Morgan fingerprint density at radius 3 is 2.10 bits per heavy atom. The van der Waals surface area contributed by atoms with Gasteiger partial charge in [0.25, 0.3) is 0 Å². The number of piperazine rings is 1. The minimum absolute atomic E-state index is 0.331. The van der Waals surface area contributed by atoms with Gasteiger partial charge in [-0.25, -0.2) is 0 Å². The molecule has 0 radical (unpaired) electrons. The highest BCUT2D eigenvalue weighted by atomic mass is 16.5. The minimum Gasteiger partial charge on any atom is -0.383 e. The Labute approximate surface area is 122 Å². The summed E-state index contributed by atoms with van der Waals surface area (Å²) in [4.78, 5) is 19.1. The number of rotatable bonds is 5. The van der Waals surface area contributed by atoms with Gasteiger partial charge in [0.05, 0.1) is 13.2 Å². The zero-order valence-electron chi connectivity index (χ0n) is 12.9. The lowest BCUT2D eigenvalue weighted by molar-refractivity contribution is -0.132. The molecular formula is C15H29N3O2. The minimum atomic E-state index is 0.331. The third-order valence-corrected chi connectivity index (χ3v) is 4.39. The van der Waals surface area contributed by atoms with Gasteiger partial charge in [0.1, 0.15) is 0 Å². The van der Waals surface area contributed by atoms with Gasteiger partial charge in [-0.3, -0.25) is 14.6 Å². The zero-order valence-corrected chi connectivity index (χ0v) is 12.9. The average Bonchev–Trinajstić information content (AvgIpc) is 2.75. The Kier molecular flexibility index (Phi) is 6.76. The van der Waals surface area contributed by atoms with Gasteiger partial charge in [0, 0.05) is 52.9 Å². The summed E-state index contributed by atoms with van der Waals surface area (Å²) in [5.74, 6) is 0.331. The van der Waals surface area contributed by atoms with E-state index in [-0.39, 0.29) is 0 Å². The lowest BCUT2D eigenvalue weighted by Crippen LogP contribution is -2.50. The second-order valence-electron chi connectivity index (χ2n) is 5.91. The van der Waals surface area contributed by atoms with Gasteiger partial charge in [-0.1, -0.05) is 12.8 Å². The smallest absolute Gasteiger partial charge is 0.236 e. The number of carbonyl (C=O) groups excluding carboxylic acids is 1. The highest BCUT2D eigenvalue weighted by molar-refractivity contribution is 5.78. The first kappa shape index (κ1) is 15.7. The van der Waals surface area contributed by atoms with E-state index >= 15 is 0 Å². The van der Waals surface area contributed by atoms with Crippen molar-refractivity contribution in [3.05, 3.63) is 0 Å². The summed E-state index contributed by atoms with van der Waals surface area (Å²) in [5, 5.41) is 0. The van der Waals surface area contributed by atoms with Crippen LogP contribution in [-0.4, -0.2) is 86.7 Å². The lowest BCUT2D eigenvalue weighted by atomic mass is 10.2. The van der Waals surface area contributed by atoms with Crippen molar-refractivity contribution >= 4 is 5.91 Å². The highest BCUT2D eigenvalue weighted by Gasteiger charge is 2.22. The Balaban J connectivity index is 1.67. The fraction of sp³-hybridized carbons (Fsp3) is 0.933. The van der Waals surface area contributed by atoms with Crippen LogP contribution < -0.4 is 0 Å². The van der Waals surface area contributed by atoms with Crippen LogP contribution in [0.25, 0.3) is 0 Å². The van der Waals surface area contributed by atoms with Gasteiger partial charge in [0.2, 0.25) is 5.91 Å². The summed E-state index contributed by atoms with van der Waals surface area (Å²) in [6, 6.07) is 0. The molecule has 5 nitrogen and oxygen atoms in total. The van der Waals surface area contributed by atoms with Crippen molar-refractivity contribution in [1.82, 2.24) is 14.7 Å². The number of methoxy groups -OCH3 is 1. The van der Waals surface area contributed by atoms with Crippen LogP contribution in [0.5, 0.6) is 0 Å². The third kappa shape index (κ3) is 5.04. The summed E-state index contributed by atoms with van der Waals surface area (Å²) in [6.45, 7) is 8.45. The molecule has 0 atom stereocenters. The predicted octanol–water partition coefficient (Wildman–Crippen LogP) is 0.653. The van der Waals surface area contributed by atoms with Crippen LogP contribution in [0.3, 0.4) is 0 Å². The molecule has 2 fully saturated rings. The number of ether oxygens (including phenoxy) is 1. The van der Waals surface area contributed by atoms with Gasteiger partial charge in [-0.05, 0) is 12.8 Å². The van der Waals surface area contributed by atoms with Crippen molar-refractivity contribution < 1.29 is 9.53 Å². The SMILES string of the molecule is COCCN1CCN(CC(=O)N2CCCCCC2)CC1. The third-order valence-electron chi connectivity index (χ3n) is 4.39. The monoisotopic (exact) mass is 283 g/mol. The first-order chi connectivity index (χ1) is 9.79. The Bertz CT molecular complexity index is 283. The van der Waals surface area contributed by atoms with E-state index in [9.17, 15) is 4.79 Å². The van der Waals surface area contributed by atoms with E-state index in [0.29, 0.717) is 12.5 Å². The zero-order chi connectivity index (χ0) is 14.2. The molecule has 2 heterocycles. The number of hydrogen-bond acceptors (Lipinski definition) is 4. The number of amides is 1. The Hall–Kier alpha value is -0.650. The molecule has 2 rings (SSSR count). The van der Waals surface area contributed by atoms with Gasteiger partial charge < -0.3 is 9.64 Å². The fourth-order valence-corrected chi connectivity index (χ4v) is 3.00. The number of hydrogen-bond donors (Lipinski definition) is 0. The molecule has 0 bridgehead atoms. The van der Waals surface area contributed by atoms with Gasteiger partial charge in [-0.2, -0.15) is 0 Å². The van der Waals surface area contributed by atoms with E-state index in [2.05, 4.69) is 14.7 Å². The largest absolute Gasteiger partial charge is 0.383 e. The number of nitrogens with zero attached hydrogens (tertiary/aromatic N) is 3. The Morgan fingerprint density at radius 2 is 1.50 bits per heavy atom. The molecular weight excluding hydrogens is 254 g/mol. The van der Waals surface area contributed by atoms with Gasteiger partial charge in [0.15, 0.2) is 0 Å². The molecule has 2 aliphatic rings. The van der Waals surface area contributed by atoms with E-state index in [0.717, 1.165) is 52.4 Å². The Morgan fingerprint density at radius 1 is 0.900 bits per heavy atom. The van der Waals surface area contributed by atoms with Crippen LogP contribution in [0.1, 0.15) is 25.7 Å². The second kappa shape index (κ2) is 8.60. The van der Waals surface area contributed by atoms with Gasteiger partial charge >= 0.3 is 0 Å². The van der Waals surface area contributed by atoms with E-state index < -0.39 is 0 Å². The molecule has 0 saturated carbocycles. The normalized spacial score (nSPS) is 22.8. The summed E-state index contributed by atoms with van der Waals surface area (Å²) in [6.07, 6.45) is 4.91. The molecule has 0 aliphatic carbocycles. The molecule has 0 aromatic heterocycles. The van der Waals surface area contributed by atoms with Crippen molar-refractivity contribution in [2.24, 2.45) is 0 Å². The van der Waals surface area contributed by atoms with Crippen LogP contribution in [0.2, 0.25) is 0 Å². The molecule has 0 aromatic rings. The molecule has 0 spiro atoms. The summed E-state index contributed by atoms with van der Waals surface area (Å²) < 4.78 is 5.11. The van der Waals surface area contributed by atoms with Gasteiger partial charge in [-0.15, -0.1) is 0 Å². The molecule has 116 valence electrons. The molecule has 2 aliphatic heterocycles. The van der Waals surface area contributed by atoms with E-state index in [1.54, 1.807) is 7.11 Å². The van der Waals surface area contributed by atoms with Crippen LogP contribution in [0.15, 0.2) is 0 Å². The van der Waals surface area contributed by atoms with E-state index in [4.69, 9.17) is 4.74 Å². The molecule has 1 amide bonds. The average molecular weight is 283 g/mol. The maximum Gasteiger partial charge on any atom is 0.236 e. The maximum absolute atomic E-state index is 12.3. The second-order valence-corrected chi connectivity index (χ2v) is 5.91. The summed E-state index contributed by atoms with van der Waals surface area (Å²) in [5.41, 5.74) is 0. The fourth-order valence-electron chi connectivity index (χ4n) is 3.00. The van der Waals surface area contributed by atoms with Crippen molar-refractivity contribution in [1.29, 1.82) is 0 Å². The van der Waals surface area contributed by atoms with E-state index in [1.807, 2.05) is 0 Å². The molecule has 2 saturated heterocycles. The predicted molar refractivity (Wildman–Crippen MR) is 79.8 cm³/mol. The quantitative estimate of drug-likeness (QED) is 0.742. The van der Waals surface area contributed by atoms with Crippen LogP contribution in [0.4, 0.5) is 0 Å². The number of likely N-dealkylation sites (tertiary alicyclic amines) is 1. The van der Waals surface area contributed by atoms with E-state index in [1.165, 1.54) is 25.7 Å². The van der Waals surface area contributed by atoms with Crippen LogP contribution in [0, 0.1) is 0 Å². The maximum atomic E-state index is 12.3. The highest BCUT2D eigenvalue weighted by Crippen LogP contribution is 2.10. The standard InChI is InChI=1S/C15H29N3O2/c1-20-13-12-16-8-10-17(11-9-16)14-15(19)18-6-4-2-3-5-7-18/h2-14H2,1H3. The lowest BCUT2D eigenvalue weighted by Gasteiger charge is -2.35. The van der Waals surface area contributed by atoms with Crippen molar-refractivity contribution in [3.63, 3.8) is 0 Å². The first-order valence-electron chi connectivity index (χ1n) is 8.01. The van der Waals surface area contributed by atoms with Crippen LogP contribution >= 0.6 is 0 Å². The molecule has 0 N–H and O–H groups in total. The number of carbonyl (C=O) groups is 1. The van der Waals surface area contributed by atoms with Crippen molar-refractivity contribution in [2.75, 3.05) is 66.1 Å².